The zero-order valence-electron chi connectivity index (χ0n) is 5.09. The first kappa shape index (κ1) is 6.51. The molecule has 52 valence electrons. The summed E-state index contributed by atoms with van der Waals surface area (Å²) in [5.41, 5.74) is 9.60. The summed E-state index contributed by atoms with van der Waals surface area (Å²) in [5, 5.41) is 0. The first-order valence-electron chi connectivity index (χ1n) is 2.82. The third kappa shape index (κ3) is 1.04. The number of nitrogens with two attached hydrogens (primary N) is 2. The molecule has 9 heavy (non-hydrogen) atoms. The molecule has 4 N–H and O–H groups in total. The van der Waals surface area contributed by atoms with Gasteiger partial charge in [0.25, 0.3) is 0 Å². The van der Waals surface area contributed by atoms with Crippen molar-refractivity contribution in [1.82, 2.24) is 0 Å². The molecule has 1 aliphatic heterocycles. The number of amides is 1. The molecule has 1 fully saturated rings. The molecule has 1 aliphatic rings. The lowest BCUT2D eigenvalue weighted by Gasteiger charge is -2.15. The van der Waals surface area contributed by atoms with Gasteiger partial charge < -0.3 is 16.2 Å². The second-order valence-electron chi connectivity index (χ2n) is 2.32. The Morgan fingerprint density at radius 1 is 1.67 bits per heavy atom. The summed E-state index contributed by atoms with van der Waals surface area (Å²) in [5.74, 6) is -0.472. The summed E-state index contributed by atoms with van der Waals surface area (Å²) < 4.78 is 4.90. The number of primary amides is 1. The fourth-order valence-electron chi connectivity index (χ4n) is 0.775. The predicted octanol–water partition coefficient (Wildman–Crippen LogP) is -1.41. The Morgan fingerprint density at radius 2 is 2.33 bits per heavy atom. The van der Waals surface area contributed by atoms with Gasteiger partial charge in [-0.15, -0.1) is 0 Å². The lowest BCUT2D eigenvalue weighted by atomic mass is 10.0. The minimum absolute atomic E-state index is 0.266. The van der Waals surface area contributed by atoms with Crippen LogP contribution >= 0.6 is 0 Å². The molecule has 1 saturated heterocycles. The van der Waals surface area contributed by atoms with Crippen LogP contribution in [0.5, 0.6) is 0 Å². The molecule has 1 amide bonds. The van der Waals surface area contributed by atoms with Gasteiger partial charge in [-0.25, -0.2) is 0 Å². The van der Waals surface area contributed by atoms with Gasteiger partial charge in [0, 0.05) is 6.61 Å². The molecular weight excluding hydrogens is 120 g/mol. The maximum Gasteiger partial charge on any atom is 0.239 e. The van der Waals surface area contributed by atoms with Gasteiger partial charge in [0.15, 0.2) is 0 Å². The van der Waals surface area contributed by atoms with Gasteiger partial charge >= 0.3 is 0 Å². The number of ether oxygens (including phenoxy) is 1. The van der Waals surface area contributed by atoms with Crippen LogP contribution in [0.2, 0.25) is 0 Å². The van der Waals surface area contributed by atoms with Crippen LogP contribution in [0, 0.1) is 0 Å². The van der Waals surface area contributed by atoms with Crippen molar-refractivity contribution in [3.8, 4) is 0 Å². The molecule has 0 aliphatic carbocycles. The number of hydrogen-bond acceptors (Lipinski definition) is 3. The Bertz CT molecular complexity index is 129. The van der Waals surface area contributed by atoms with Gasteiger partial charge in [-0.3, -0.25) is 4.79 Å². The molecule has 0 aromatic heterocycles. The van der Waals surface area contributed by atoms with Crippen LogP contribution in [0.25, 0.3) is 0 Å². The maximum absolute atomic E-state index is 10.5. The molecule has 0 radical (unpaired) electrons. The molecule has 0 aromatic carbocycles. The van der Waals surface area contributed by atoms with Crippen molar-refractivity contribution in [3.63, 3.8) is 0 Å². The van der Waals surface area contributed by atoms with Crippen molar-refractivity contribution in [2.24, 2.45) is 11.5 Å². The number of carbonyl (C=O) groups is 1. The number of rotatable bonds is 1. The van der Waals surface area contributed by atoms with Crippen LogP contribution < -0.4 is 11.5 Å². The van der Waals surface area contributed by atoms with Crippen molar-refractivity contribution >= 4 is 5.91 Å². The lowest BCUT2D eigenvalue weighted by Crippen LogP contribution is -2.52. The standard InChI is InChI=1S/C5H10N2O2/c6-4(8)5(7)1-2-9-3-5/h1-3,7H2,(H2,6,8)/t5-/m0/s1. The highest BCUT2D eigenvalue weighted by atomic mass is 16.5. The van der Waals surface area contributed by atoms with E-state index < -0.39 is 11.4 Å². The van der Waals surface area contributed by atoms with Gasteiger partial charge in [0.05, 0.1) is 6.61 Å². The molecule has 0 aromatic rings. The molecule has 0 bridgehead atoms. The molecule has 0 spiro atoms. The highest BCUT2D eigenvalue weighted by Gasteiger charge is 2.36. The Labute approximate surface area is 53.1 Å². The van der Waals surface area contributed by atoms with Crippen LogP contribution in [0.1, 0.15) is 6.42 Å². The summed E-state index contributed by atoms with van der Waals surface area (Å²) in [7, 11) is 0. The van der Waals surface area contributed by atoms with E-state index in [0.717, 1.165) is 0 Å². The van der Waals surface area contributed by atoms with Crippen LogP contribution in [0.3, 0.4) is 0 Å². The van der Waals surface area contributed by atoms with Crippen molar-refractivity contribution in [2.45, 2.75) is 12.0 Å². The molecule has 0 saturated carbocycles. The van der Waals surface area contributed by atoms with E-state index in [1.54, 1.807) is 0 Å². The second-order valence-corrected chi connectivity index (χ2v) is 2.32. The van der Waals surface area contributed by atoms with E-state index in [-0.39, 0.29) is 6.61 Å². The summed E-state index contributed by atoms with van der Waals surface area (Å²) in [6, 6.07) is 0. The molecule has 4 heteroatoms. The zero-order chi connectivity index (χ0) is 6.91. The van der Waals surface area contributed by atoms with Gasteiger partial charge in [-0.1, -0.05) is 0 Å². The molecule has 1 atom stereocenters. The van der Waals surface area contributed by atoms with Crippen LogP contribution in [0.4, 0.5) is 0 Å². The Balaban J connectivity index is 2.61. The van der Waals surface area contributed by atoms with Crippen molar-refractivity contribution in [2.75, 3.05) is 13.2 Å². The summed E-state index contributed by atoms with van der Waals surface area (Å²) in [6.07, 6.45) is 0.544. The van der Waals surface area contributed by atoms with Crippen LogP contribution in [0.15, 0.2) is 0 Å². The summed E-state index contributed by atoms with van der Waals surface area (Å²) in [4.78, 5) is 10.5. The summed E-state index contributed by atoms with van der Waals surface area (Å²) >= 11 is 0. The minimum Gasteiger partial charge on any atom is -0.379 e. The van der Waals surface area contributed by atoms with Crippen molar-refractivity contribution in [3.05, 3.63) is 0 Å². The largest absolute Gasteiger partial charge is 0.379 e. The first-order chi connectivity index (χ1) is 4.15. The third-order valence-electron chi connectivity index (χ3n) is 1.54. The molecule has 1 heterocycles. The van der Waals surface area contributed by atoms with Gasteiger partial charge in [-0.05, 0) is 6.42 Å². The fourth-order valence-corrected chi connectivity index (χ4v) is 0.775. The average molecular weight is 130 g/mol. The van der Waals surface area contributed by atoms with Crippen LogP contribution in [-0.2, 0) is 9.53 Å². The Hall–Kier alpha value is -0.610. The van der Waals surface area contributed by atoms with E-state index in [9.17, 15) is 4.79 Å². The average Bonchev–Trinajstić information content (AvgIpc) is 2.16. The number of hydrogen-bond donors (Lipinski definition) is 2. The van der Waals surface area contributed by atoms with E-state index in [4.69, 9.17) is 16.2 Å². The fraction of sp³-hybridized carbons (Fsp3) is 0.800. The molecular formula is C5H10N2O2. The van der Waals surface area contributed by atoms with Gasteiger partial charge in [0.1, 0.15) is 5.54 Å². The highest BCUT2D eigenvalue weighted by molar-refractivity contribution is 5.84. The Kier molecular flexibility index (Phi) is 1.42. The van der Waals surface area contributed by atoms with Crippen molar-refractivity contribution < 1.29 is 9.53 Å². The van der Waals surface area contributed by atoms with E-state index in [2.05, 4.69) is 0 Å². The van der Waals surface area contributed by atoms with Crippen molar-refractivity contribution in [1.29, 1.82) is 0 Å². The predicted molar refractivity (Wildman–Crippen MR) is 31.5 cm³/mol. The smallest absolute Gasteiger partial charge is 0.239 e. The maximum atomic E-state index is 10.5. The quantitative estimate of drug-likeness (QED) is 0.457. The molecule has 0 unspecified atom stereocenters. The summed E-state index contributed by atoms with van der Waals surface area (Å²) in [6.45, 7) is 0.807. The number of carbonyl (C=O) groups excluding carboxylic acids is 1. The second kappa shape index (κ2) is 1.97. The van der Waals surface area contributed by atoms with Gasteiger partial charge in [0.2, 0.25) is 5.91 Å². The lowest BCUT2D eigenvalue weighted by molar-refractivity contribution is -0.123. The zero-order valence-corrected chi connectivity index (χ0v) is 5.09. The SMILES string of the molecule is NC(=O)[C@]1(N)CCOC1. The minimum atomic E-state index is -0.889. The van der Waals surface area contributed by atoms with Crippen LogP contribution in [-0.4, -0.2) is 24.7 Å². The monoisotopic (exact) mass is 130 g/mol. The van der Waals surface area contributed by atoms with E-state index >= 15 is 0 Å². The normalized spacial score (nSPS) is 34.8. The van der Waals surface area contributed by atoms with Gasteiger partial charge in [-0.2, -0.15) is 0 Å². The van der Waals surface area contributed by atoms with E-state index in [0.29, 0.717) is 13.0 Å². The Morgan fingerprint density at radius 3 is 2.56 bits per heavy atom. The molecule has 1 rings (SSSR count). The highest BCUT2D eigenvalue weighted by Crippen LogP contribution is 2.13. The first-order valence-corrected chi connectivity index (χ1v) is 2.82. The van der Waals surface area contributed by atoms with E-state index in [1.807, 2.05) is 0 Å². The molecule has 4 nitrogen and oxygen atoms in total. The topological polar surface area (TPSA) is 78.3 Å². The third-order valence-corrected chi connectivity index (χ3v) is 1.54. The van der Waals surface area contributed by atoms with E-state index in [1.165, 1.54) is 0 Å².